The first-order valence-electron chi connectivity index (χ1n) is 10.1. The number of carbonyl (C=O) groups is 2. The Balaban J connectivity index is 1.65. The molecule has 2 aliphatic rings. The van der Waals surface area contributed by atoms with Crippen LogP contribution >= 0.6 is 11.8 Å². The molecule has 31 heavy (non-hydrogen) atoms. The summed E-state index contributed by atoms with van der Waals surface area (Å²) < 4.78 is 29.7. The van der Waals surface area contributed by atoms with Gasteiger partial charge in [-0.15, -0.1) is 0 Å². The van der Waals surface area contributed by atoms with Crippen LogP contribution in [0.4, 0.5) is 20.2 Å². The van der Waals surface area contributed by atoms with Crippen molar-refractivity contribution in [2.75, 3.05) is 10.7 Å². The Morgan fingerprint density at radius 1 is 1.26 bits per heavy atom. The third-order valence-electron chi connectivity index (χ3n) is 5.75. The number of nitrogens with zero attached hydrogens (tertiary/aromatic N) is 1. The number of ether oxygens (including phenoxy) is 1. The van der Waals surface area contributed by atoms with Gasteiger partial charge in [-0.25, -0.2) is 0 Å². The summed E-state index contributed by atoms with van der Waals surface area (Å²) in [7, 11) is 0. The highest BCUT2D eigenvalue weighted by Gasteiger charge is 2.45. The molecule has 2 aliphatic heterocycles. The van der Waals surface area contributed by atoms with E-state index in [1.165, 1.54) is 17.0 Å². The maximum absolute atomic E-state index is 13.2. The van der Waals surface area contributed by atoms with E-state index in [9.17, 15) is 18.4 Å². The van der Waals surface area contributed by atoms with Gasteiger partial charge in [0.2, 0.25) is 5.91 Å². The number of benzene rings is 2. The van der Waals surface area contributed by atoms with Crippen molar-refractivity contribution in [2.24, 2.45) is 0 Å². The quantitative estimate of drug-likeness (QED) is 0.712. The predicted molar refractivity (Wildman–Crippen MR) is 117 cm³/mol. The molecule has 0 spiro atoms. The number of hydrogen-bond donors (Lipinski definition) is 1. The summed E-state index contributed by atoms with van der Waals surface area (Å²) in [5.74, 6) is 0.519. The molecule has 4 rings (SSSR count). The summed E-state index contributed by atoms with van der Waals surface area (Å²) in [5, 5.41) is 3.61. The zero-order valence-corrected chi connectivity index (χ0v) is 18.3. The molecule has 0 saturated carbocycles. The number of halogens is 2. The smallest absolute Gasteiger partial charge is 0.387 e. The van der Waals surface area contributed by atoms with Crippen LogP contribution in [0.1, 0.15) is 43.1 Å². The average Bonchev–Trinajstić information content (AvgIpc) is 3.20. The van der Waals surface area contributed by atoms with Crippen LogP contribution in [0.15, 0.2) is 42.5 Å². The average molecular weight is 447 g/mol. The molecule has 2 amide bonds. The largest absolute Gasteiger partial charge is 0.435 e. The minimum absolute atomic E-state index is 0.0220. The number of nitrogens with one attached hydrogen (secondary N) is 1. The molecule has 0 aromatic heterocycles. The highest BCUT2D eigenvalue weighted by atomic mass is 32.2. The minimum Gasteiger partial charge on any atom is -0.435 e. The first kappa shape index (κ1) is 21.6. The number of anilines is 2. The molecule has 2 heterocycles. The lowest BCUT2D eigenvalue weighted by Gasteiger charge is -2.21. The van der Waals surface area contributed by atoms with E-state index in [-0.39, 0.29) is 23.6 Å². The normalized spacial score (nSPS) is 22.0. The molecule has 1 fully saturated rings. The Morgan fingerprint density at radius 3 is 2.71 bits per heavy atom. The van der Waals surface area contributed by atoms with Crippen LogP contribution < -0.4 is 15.0 Å². The van der Waals surface area contributed by atoms with Gasteiger partial charge in [-0.1, -0.05) is 13.0 Å². The van der Waals surface area contributed by atoms with E-state index < -0.39 is 12.0 Å². The second kappa shape index (κ2) is 8.15. The Labute approximate surface area is 184 Å². The SMILES string of the molecule is CC1CC(NC(=O)c2ccc3c(c2)C(C)(C)C(=O)N3c2cccc(OC(F)F)c2)CS1. The van der Waals surface area contributed by atoms with E-state index in [4.69, 9.17) is 0 Å². The van der Waals surface area contributed by atoms with Crippen molar-refractivity contribution in [3.05, 3.63) is 53.6 Å². The number of fused-ring (bicyclic) bond motifs is 1. The number of carbonyl (C=O) groups excluding carboxylic acids is 2. The standard InChI is InChI=1S/C23H24F2N2O3S/c1-13-9-15(12-31-13)26-20(28)14-7-8-19-18(10-14)23(2,3)21(29)27(19)16-5-4-6-17(11-16)30-22(24)25/h4-8,10-11,13,15,22H,9,12H2,1-3H3,(H,26,28). The van der Waals surface area contributed by atoms with E-state index in [2.05, 4.69) is 17.0 Å². The zero-order chi connectivity index (χ0) is 22.3. The highest BCUT2D eigenvalue weighted by molar-refractivity contribution is 8.00. The lowest BCUT2D eigenvalue weighted by molar-refractivity contribution is -0.121. The third-order valence-corrected chi connectivity index (χ3v) is 7.10. The second-order valence-corrected chi connectivity index (χ2v) is 9.89. The van der Waals surface area contributed by atoms with Crippen LogP contribution in [0.25, 0.3) is 0 Å². The molecule has 0 aliphatic carbocycles. The first-order chi connectivity index (χ1) is 14.7. The van der Waals surface area contributed by atoms with Gasteiger partial charge < -0.3 is 10.1 Å². The van der Waals surface area contributed by atoms with Crippen molar-refractivity contribution in [3.63, 3.8) is 0 Å². The molecule has 2 aromatic carbocycles. The van der Waals surface area contributed by atoms with Gasteiger partial charge >= 0.3 is 6.61 Å². The van der Waals surface area contributed by atoms with Gasteiger partial charge in [0.15, 0.2) is 0 Å². The van der Waals surface area contributed by atoms with Crippen molar-refractivity contribution in [1.29, 1.82) is 0 Å². The van der Waals surface area contributed by atoms with Gasteiger partial charge in [0.1, 0.15) is 5.75 Å². The third kappa shape index (κ3) is 4.13. The van der Waals surface area contributed by atoms with E-state index in [0.29, 0.717) is 22.2 Å². The summed E-state index contributed by atoms with van der Waals surface area (Å²) in [6, 6.07) is 11.4. The van der Waals surface area contributed by atoms with Crippen molar-refractivity contribution >= 4 is 35.0 Å². The molecule has 164 valence electrons. The van der Waals surface area contributed by atoms with Crippen molar-refractivity contribution < 1.29 is 23.1 Å². The van der Waals surface area contributed by atoms with E-state index in [1.54, 1.807) is 44.2 Å². The number of alkyl halides is 2. The van der Waals surface area contributed by atoms with Crippen molar-refractivity contribution in [2.45, 2.75) is 50.5 Å². The molecule has 2 unspecified atom stereocenters. The first-order valence-corrected chi connectivity index (χ1v) is 11.2. The Morgan fingerprint density at radius 2 is 2.03 bits per heavy atom. The van der Waals surface area contributed by atoms with E-state index >= 15 is 0 Å². The topological polar surface area (TPSA) is 58.6 Å². The van der Waals surface area contributed by atoms with Gasteiger partial charge in [0, 0.05) is 28.7 Å². The predicted octanol–water partition coefficient (Wildman–Crippen LogP) is 4.87. The number of hydrogen-bond acceptors (Lipinski definition) is 4. The second-order valence-electron chi connectivity index (χ2n) is 8.42. The van der Waals surface area contributed by atoms with Crippen LogP contribution in [0.5, 0.6) is 5.75 Å². The number of amides is 2. The Bertz CT molecular complexity index is 1030. The maximum atomic E-state index is 13.2. The molecule has 2 aromatic rings. The van der Waals surface area contributed by atoms with E-state index in [0.717, 1.165) is 17.7 Å². The molecule has 0 radical (unpaired) electrons. The van der Waals surface area contributed by atoms with Crippen molar-refractivity contribution in [3.8, 4) is 5.75 Å². The summed E-state index contributed by atoms with van der Waals surface area (Å²) in [6.45, 7) is 2.79. The zero-order valence-electron chi connectivity index (χ0n) is 17.5. The summed E-state index contributed by atoms with van der Waals surface area (Å²) in [4.78, 5) is 27.5. The maximum Gasteiger partial charge on any atom is 0.387 e. The molecule has 1 N–H and O–H groups in total. The molecule has 5 nitrogen and oxygen atoms in total. The lowest BCUT2D eigenvalue weighted by Crippen LogP contribution is -2.35. The monoisotopic (exact) mass is 446 g/mol. The highest BCUT2D eigenvalue weighted by Crippen LogP contribution is 2.46. The summed E-state index contributed by atoms with van der Waals surface area (Å²) >= 11 is 1.84. The van der Waals surface area contributed by atoms with Gasteiger partial charge in [-0.3, -0.25) is 14.5 Å². The molecular formula is C23H24F2N2O3S. The van der Waals surface area contributed by atoms with Gasteiger partial charge in [0.25, 0.3) is 5.91 Å². The molecule has 8 heteroatoms. The fraction of sp³-hybridized carbons (Fsp3) is 0.391. The van der Waals surface area contributed by atoms with Crippen LogP contribution in [-0.4, -0.2) is 35.5 Å². The summed E-state index contributed by atoms with van der Waals surface area (Å²) in [6.07, 6.45) is 0.941. The van der Waals surface area contributed by atoms with Gasteiger partial charge in [-0.2, -0.15) is 20.5 Å². The van der Waals surface area contributed by atoms with Gasteiger partial charge in [-0.05, 0) is 56.2 Å². The fourth-order valence-electron chi connectivity index (χ4n) is 4.12. The fourth-order valence-corrected chi connectivity index (χ4v) is 5.27. The lowest BCUT2D eigenvalue weighted by atomic mass is 9.85. The van der Waals surface area contributed by atoms with Crippen molar-refractivity contribution in [1.82, 2.24) is 5.32 Å². The van der Waals surface area contributed by atoms with Gasteiger partial charge in [0.05, 0.1) is 16.8 Å². The summed E-state index contributed by atoms with van der Waals surface area (Å²) in [5.41, 5.74) is 1.42. The number of thioether (sulfide) groups is 1. The molecule has 2 atom stereocenters. The van der Waals surface area contributed by atoms with E-state index in [1.807, 2.05) is 11.8 Å². The molecule has 1 saturated heterocycles. The molecular weight excluding hydrogens is 422 g/mol. The Hall–Kier alpha value is -2.61. The molecule has 0 bridgehead atoms. The minimum atomic E-state index is -2.95. The number of rotatable bonds is 5. The van der Waals surface area contributed by atoms with Crippen LogP contribution in [-0.2, 0) is 10.2 Å². The van der Waals surface area contributed by atoms with Crippen LogP contribution in [0, 0.1) is 0 Å². The Kier molecular flexibility index (Phi) is 5.68. The van der Waals surface area contributed by atoms with Crippen LogP contribution in [0.3, 0.4) is 0 Å². The van der Waals surface area contributed by atoms with Crippen LogP contribution in [0.2, 0.25) is 0 Å².